The Morgan fingerprint density at radius 1 is 1.53 bits per heavy atom. The predicted octanol–water partition coefficient (Wildman–Crippen LogP) is 0.0486. The van der Waals surface area contributed by atoms with Crippen molar-refractivity contribution in [2.75, 3.05) is 31.1 Å². The van der Waals surface area contributed by atoms with Crippen LogP contribution in [0.4, 0.5) is 5.82 Å². The van der Waals surface area contributed by atoms with Crippen LogP contribution < -0.4 is 10.2 Å². The third-order valence-electron chi connectivity index (χ3n) is 3.63. The number of nitrogens with one attached hydrogen (secondary N) is 1. The van der Waals surface area contributed by atoms with E-state index in [2.05, 4.69) is 21.3 Å². The summed E-state index contributed by atoms with van der Waals surface area (Å²) in [6, 6.07) is 5.66. The van der Waals surface area contributed by atoms with E-state index in [1.165, 1.54) is 0 Å². The minimum Gasteiger partial charge on any atom is -0.361 e. The molecule has 0 bridgehead atoms. The van der Waals surface area contributed by atoms with Crippen LogP contribution in [0.25, 0.3) is 0 Å². The molecule has 2 fully saturated rings. The number of morpholine rings is 1. The van der Waals surface area contributed by atoms with Crippen molar-refractivity contribution in [3.05, 3.63) is 23.9 Å². The Morgan fingerprint density at radius 3 is 3.05 bits per heavy atom. The molecule has 19 heavy (non-hydrogen) atoms. The number of hydrogen-bond acceptors (Lipinski definition) is 5. The first-order valence-electron chi connectivity index (χ1n) is 6.23. The Labute approximate surface area is 111 Å². The summed E-state index contributed by atoms with van der Waals surface area (Å²) in [5.74, 6) is 0.789. The van der Waals surface area contributed by atoms with Crippen LogP contribution in [0.1, 0.15) is 12.0 Å². The van der Waals surface area contributed by atoms with Crippen molar-refractivity contribution in [2.24, 2.45) is 0 Å². The Bertz CT molecular complexity index is 525. The van der Waals surface area contributed by atoms with Gasteiger partial charge in [0.1, 0.15) is 24.1 Å². The molecule has 2 aliphatic heterocycles. The molecular weight excluding hydrogens is 244 g/mol. The first-order chi connectivity index (χ1) is 9.21. The number of carbonyl (C=O) groups excluding carboxylic acids is 1. The van der Waals surface area contributed by atoms with E-state index in [1.807, 2.05) is 6.07 Å². The highest BCUT2D eigenvalue weighted by Gasteiger charge is 2.42. The highest BCUT2D eigenvalue weighted by Crippen LogP contribution is 2.29. The third kappa shape index (κ3) is 2.25. The molecule has 0 radical (unpaired) electrons. The number of pyridine rings is 1. The molecule has 1 N–H and O–H groups in total. The van der Waals surface area contributed by atoms with Crippen molar-refractivity contribution in [3.8, 4) is 6.07 Å². The van der Waals surface area contributed by atoms with Crippen LogP contribution in [-0.2, 0) is 9.53 Å². The van der Waals surface area contributed by atoms with E-state index < -0.39 is 0 Å². The van der Waals surface area contributed by atoms with Gasteiger partial charge < -0.3 is 15.0 Å². The number of amides is 1. The molecule has 6 heteroatoms. The summed E-state index contributed by atoms with van der Waals surface area (Å²) in [4.78, 5) is 17.5. The van der Waals surface area contributed by atoms with E-state index in [9.17, 15) is 4.79 Å². The molecule has 2 aliphatic rings. The van der Waals surface area contributed by atoms with Crippen molar-refractivity contribution < 1.29 is 9.53 Å². The van der Waals surface area contributed by atoms with Gasteiger partial charge >= 0.3 is 0 Å². The second-order valence-electron chi connectivity index (χ2n) is 4.94. The first-order valence-corrected chi connectivity index (χ1v) is 6.23. The number of ether oxygens (including phenoxy) is 1. The summed E-state index contributed by atoms with van der Waals surface area (Å²) in [5, 5.41) is 11.6. The number of hydrogen-bond donors (Lipinski definition) is 1. The van der Waals surface area contributed by atoms with Crippen LogP contribution in [0, 0.1) is 11.3 Å². The number of rotatable bonds is 1. The lowest BCUT2D eigenvalue weighted by Gasteiger charge is -2.33. The first kappa shape index (κ1) is 11.9. The fourth-order valence-electron chi connectivity index (χ4n) is 2.52. The Kier molecular flexibility index (Phi) is 2.84. The van der Waals surface area contributed by atoms with E-state index in [-0.39, 0.29) is 18.1 Å². The van der Waals surface area contributed by atoms with Gasteiger partial charge in [-0.25, -0.2) is 4.98 Å². The lowest BCUT2D eigenvalue weighted by molar-refractivity contribution is -0.141. The van der Waals surface area contributed by atoms with Gasteiger partial charge in [0.15, 0.2) is 0 Å². The standard InChI is InChI=1S/C13H14N4O2/c14-5-10-1-2-11(15-6-10)17-4-3-13(9-17)8-16-12(18)7-19-13/h1-2,6H,3-4,7-9H2,(H,16,18). The molecule has 3 heterocycles. The van der Waals surface area contributed by atoms with Gasteiger partial charge in [-0.05, 0) is 18.6 Å². The van der Waals surface area contributed by atoms with Gasteiger partial charge in [0.25, 0.3) is 0 Å². The molecule has 98 valence electrons. The summed E-state index contributed by atoms with van der Waals surface area (Å²) in [7, 11) is 0. The monoisotopic (exact) mass is 258 g/mol. The third-order valence-corrected chi connectivity index (χ3v) is 3.63. The van der Waals surface area contributed by atoms with Crippen molar-refractivity contribution in [1.82, 2.24) is 10.3 Å². The zero-order valence-corrected chi connectivity index (χ0v) is 10.4. The fraction of sp³-hybridized carbons (Fsp3) is 0.462. The van der Waals surface area contributed by atoms with Crippen LogP contribution in [0.3, 0.4) is 0 Å². The molecule has 1 aromatic rings. The summed E-state index contributed by atoms with van der Waals surface area (Å²) in [6.07, 6.45) is 2.44. The maximum Gasteiger partial charge on any atom is 0.246 e. The normalized spacial score (nSPS) is 26.3. The smallest absolute Gasteiger partial charge is 0.246 e. The molecule has 1 amide bonds. The largest absolute Gasteiger partial charge is 0.361 e. The minimum atomic E-state index is -0.288. The lowest BCUT2D eigenvalue weighted by Crippen LogP contribution is -2.53. The quantitative estimate of drug-likeness (QED) is 0.770. The number of carbonyl (C=O) groups is 1. The van der Waals surface area contributed by atoms with Crippen LogP contribution in [-0.4, -0.2) is 42.7 Å². The van der Waals surface area contributed by atoms with Crippen LogP contribution in [0.15, 0.2) is 18.3 Å². The summed E-state index contributed by atoms with van der Waals surface area (Å²) < 4.78 is 5.70. The van der Waals surface area contributed by atoms with Gasteiger partial charge in [0.05, 0.1) is 12.1 Å². The Balaban J connectivity index is 1.71. The molecule has 0 aromatic carbocycles. The Hall–Kier alpha value is -2.13. The number of anilines is 1. The molecule has 1 atom stereocenters. The zero-order valence-electron chi connectivity index (χ0n) is 10.4. The SMILES string of the molecule is N#Cc1ccc(N2CCC3(CNC(=O)CO3)C2)nc1. The molecule has 1 unspecified atom stereocenters. The molecule has 6 nitrogen and oxygen atoms in total. The lowest BCUT2D eigenvalue weighted by atomic mass is 10.0. The molecule has 3 rings (SSSR count). The van der Waals surface area contributed by atoms with Gasteiger partial charge in [-0.15, -0.1) is 0 Å². The Morgan fingerprint density at radius 2 is 2.42 bits per heavy atom. The van der Waals surface area contributed by atoms with Crippen LogP contribution >= 0.6 is 0 Å². The zero-order chi connectivity index (χ0) is 13.3. The summed E-state index contributed by atoms with van der Waals surface area (Å²) in [6.45, 7) is 2.24. The van der Waals surface area contributed by atoms with Gasteiger partial charge in [-0.3, -0.25) is 4.79 Å². The number of nitriles is 1. The van der Waals surface area contributed by atoms with Crippen molar-refractivity contribution in [1.29, 1.82) is 5.26 Å². The van der Waals surface area contributed by atoms with Crippen LogP contribution in [0.5, 0.6) is 0 Å². The second kappa shape index (κ2) is 4.52. The van der Waals surface area contributed by atoms with E-state index >= 15 is 0 Å². The van der Waals surface area contributed by atoms with Crippen molar-refractivity contribution >= 4 is 11.7 Å². The van der Waals surface area contributed by atoms with Gasteiger partial charge in [-0.1, -0.05) is 0 Å². The molecule has 1 aromatic heterocycles. The maximum absolute atomic E-state index is 11.1. The molecule has 1 spiro atoms. The van der Waals surface area contributed by atoms with Gasteiger partial charge in [0.2, 0.25) is 5.91 Å². The summed E-state index contributed by atoms with van der Waals surface area (Å²) in [5.41, 5.74) is 0.266. The average molecular weight is 258 g/mol. The highest BCUT2D eigenvalue weighted by molar-refractivity contribution is 5.78. The van der Waals surface area contributed by atoms with Crippen molar-refractivity contribution in [2.45, 2.75) is 12.0 Å². The highest BCUT2D eigenvalue weighted by atomic mass is 16.5. The second-order valence-corrected chi connectivity index (χ2v) is 4.94. The number of nitrogens with zero attached hydrogens (tertiary/aromatic N) is 3. The predicted molar refractivity (Wildman–Crippen MR) is 67.5 cm³/mol. The van der Waals surface area contributed by atoms with Crippen molar-refractivity contribution in [3.63, 3.8) is 0 Å². The van der Waals surface area contributed by atoms with Gasteiger partial charge in [0, 0.05) is 19.3 Å². The van der Waals surface area contributed by atoms with E-state index in [0.717, 1.165) is 18.8 Å². The van der Waals surface area contributed by atoms with E-state index in [1.54, 1.807) is 12.3 Å². The number of aromatic nitrogens is 1. The van der Waals surface area contributed by atoms with E-state index in [0.29, 0.717) is 18.7 Å². The molecule has 0 saturated carbocycles. The molecule has 2 saturated heterocycles. The maximum atomic E-state index is 11.1. The van der Waals surface area contributed by atoms with E-state index in [4.69, 9.17) is 10.00 Å². The summed E-state index contributed by atoms with van der Waals surface area (Å²) >= 11 is 0. The average Bonchev–Trinajstić information content (AvgIpc) is 2.87. The van der Waals surface area contributed by atoms with Gasteiger partial charge in [-0.2, -0.15) is 5.26 Å². The minimum absolute atomic E-state index is 0.0550. The molecular formula is C13H14N4O2. The fourth-order valence-corrected chi connectivity index (χ4v) is 2.52. The topological polar surface area (TPSA) is 78.2 Å². The molecule has 0 aliphatic carbocycles. The van der Waals surface area contributed by atoms with Crippen LogP contribution in [0.2, 0.25) is 0 Å².